The summed E-state index contributed by atoms with van der Waals surface area (Å²) in [4.78, 5) is 39.4. The minimum atomic E-state index is -0.596. The van der Waals surface area contributed by atoms with Gasteiger partial charge in [0.1, 0.15) is 0 Å². The van der Waals surface area contributed by atoms with Gasteiger partial charge in [-0.05, 0) is 40.6 Å². The van der Waals surface area contributed by atoms with E-state index in [1.54, 1.807) is 6.07 Å². The van der Waals surface area contributed by atoms with E-state index >= 15 is 0 Å². The van der Waals surface area contributed by atoms with Crippen LogP contribution in [0.4, 0.5) is 0 Å². The average Bonchev–Trinajstić information content (AvgIpc) is 3.09. The van der Waals surface area contributed by atoms with Crippen LogP contribution in [0, 0.1) is 0 Å². The van der Waals surface area contributed by atoms with Crippen LogP contribution in [-0.2, 0) is 19.1 Å². The third-order valence-corrected chi connectivity index (χ3v) is 4.42. The Balaban J connectivity index is 1.71. The van der Waals surface area contributed by atoms with Crippen molar-refractivity contribution in [3.05, 3.63) is 77.5 Å². The van der Waals surface area contributed by atoms with Crippen LogP contribution in [0.15, 0.2) is 71.4 Å². The van der Waals surface area contributed by atoms with E-state index in [0.29, 0.717) is 11.1 Å². The SMILES string of the molecule is CC(=O)Oc1ccc(C=C2N=C(c3cccc4ccccc34)OC2=O)cc1OC(C)=O. The van der Waals surface area contributed by atoms with E-state index in [0.717, 1.165) is 10.8 Å². The Morgan fingerprint density at radius 3 is 2.39 bits per heavy atom. The molecule has 0 saturated heterocycles. The summed E-state index contributed by atoms with van der Waals surface area (Å²) < 4.78 is 15.6. The van der Waals surface area contributed by atoms with E-state index in [9.17, 15) is 14.4 Å². The van der Waals surface area contributed by atoms with Crippen LogP contribution in [0.25, 0.3) is 16.8 Å². The van der Waals surface area contributed by atoms with Crippen LogP contribution in [-0.4, -0.2) is 23.8 Å². The maximum atomic E-state index is 12.4. The number of cyclic esters (lactones) is 1. The zero-order chi connectivity index (χ0) is 22.0. The molecule has 0 atom stereocenters. The fourth-order valence-corrected chi connectivity index (χ4v) is 3.18. The van der Waals surface area contributed by atoms with Crippen LogP contribution in [0.1, 0.15) is 25.0 Å². The molecule has 31 heavy (non-hydrogen) atoms. The van der Waals surface area contributed by atoms with Gasteiger partial charge in [-0.1, -0.05) is 42.5 Å². The Kier molecular flexibility index (Phi) is 5.32. The summed E-state index contributed by atoms with van der Waals surface area (Å²) in [6.45, 7) is 2.48. The second kappa shape index (κ2) is 8.23. The molecule has 4 rings (SSSR count). The van der Waals surface area contributed by atoms with Gasteiger partial charge < -0.3 is 14.2 Å². The highest BCUT2D eigenvalue weighted by atomic mass is 16.6. The second-order valence-corrected chi connectivity index (χ2v) is 6.76. The maximum Gasteiger partial charge on any atom is 0.363 e. The van der Waals surface area contributed by atoms with Gasteiger partial charge in [-0.3, -0.25) is 9.59 Å². The number of benzene rings is 3. The fourth-order valence-electron chi connectivity index (χ4n) is 3.18. The summed E-state index contributed by atoms with van der Waals surface area (Å²) in [7, 11) is 0. The Hall–Kier alpha value is -4.26. The lowest BCUT2D eigenvalue weighted by Crippen LogP contribution is -2.07. The number of hydrogen-bond acceptors (Lipinski definition) is 7. The van der Waals surface area contributed by atoms with E-state index in [4.69, 9.17) is 14.2 Å². The van der Waals surface area contributed by atoms with Crippen molar-refractivity contribution >= 4 is 40.7 Å². The Labute approximate surface area is 177 Å². The molecular formula is C24H17NO6. The second-order valence-electron chi connectivity index (χ2n) is 6.76. The first-order valence-electron chi connectivity index (χ1n) is 9.42. The first-order valence-corrected chi connectivity index (χ1v) is 9.42. The normalized spacial score (nSPS) is 14.3. The third kappa shape index (κ3) is 4.35. The van der Waals surface area contributed by atoms with E-state index < -0.39 is 17.9 Å². The van der Waals surface area contributed by atoms with Gasteiger partial charge in [-0.2, -0.15) is 0 Å². The summed E-state index contributed by atoms with van der Waals surface area (Å²) >= 11 is 0. The zero-order valence-corrected chi connectivity index (χ0v) is 16.7. The molecule has 7 nitrogen and oxygen atoms in total. The molecule has 0 N–H and O–H groups in total. The first-order chi connectivity index (χ1) is 14.9. The summed E-state index contributed by atoms with van der Waals surface area (Å²) in [5.74, 6) is -1.36. The number of hydrogen-bond donors (Lipinski definition) is 0. The lowest BCUT2D eigenvalue weighted by atomic mass is 10.0. The third-order valence-electron chi connectivity index (χ3n) is 4.42. The van der Waals surface area contributed by atoms with Gasteiger partial charge in [0.25, 0.3) is 0 Å². The van der Waals surface area contributed by atoms with Gasteiger partial charge in [0.05, 0.1) is 0 Å². The predicted molar refractivity (Wildman–Crippen MR) is 114 cm³/mol. The summed E-state index contributed by atoms with van der Waals surface area (Å²) in [6.07, 6.45) is 1.50. The van der Waals surface area contributed by atoms with E-state index in [-0.39, 0.29) is 23.1 Å². The number of carbonyl (C=O) groups excluding carboxylic acids is 3. The number of rotatable bonds is 4. The van der Waals surface area contributed by atoms with Crippen molar-refractivity contribution in [2.24, 2.45) is 4.99 Å². The molecular weight excluding hydrogens is 398 g/mol. The van der Waals surface area contributed by atoms with Crippen molar-refractivity contribution < 1.29 is 28.6 Å². The molecule has 3 aromatic rings. The van der Waals surface area contributed by atoms with Gasteiger partial charge >= 0.3 is 17.9 Å². The Morgan fingerprint density at radius 1 is 0.903 bits per heavy atom. The van der Waals surface area contributed by atoms with Gasteiger partial charge in [-0.15, -0.1) is 0 Å². The minimum Gasteiger partial charge on any atom is -0.423 e. The van der Waals surface area contributed by atoms with Gasteiger partial charge in [0.15, 0.2) is 17.2 Å². The Morgan fingerprint density at radius 2 is 1.61 bits per heavy atom. The highest BCUT2D eigenvalue weighted by Gasteiger charge is 2.25. The number of ether oxygens (including phenoxy) is 3. The topological polar surface area (TPSA) is 91.3 Å². The largest absolute Gasteiger partial charge is 0.423 e. The standard InChI is InChI=1S/C24H17NO6/c1-14(26)29-21-11-10-16(13-22(21)30-15(2)27)12-20-24(28)31-23(25-20)19-9-5-7-17-6-3-4-8-18(17)19/h3-13H,1-2H3. The number of esters is 3. The van der Waals surface area contributed by atoms with E-state index in [2.05, 4.69) is 4.99 Å². The summed E-state index contributed by atoms with van der Waals surface area (Å²) in [5, 5.41) is 1.92. The maximum absolute atomic E-state index is 12.4. The number of aliphatic imine (C=N–C) groups is 1. The number of nitrogens with zero attached hydrogens (tertiary/aromatic N) is 1. The molecule has 0 radical (unpaired) electrons. The molecule has 0 aliphatic carbocycles. The molecule has 154 valence electrons. The lowest BCUT2D eigenvalue weighted by molar-refractivity contribution is -0.134. The van der Waals surface area contributed by atoms with Crippen LogP contribution >= 0.6 is 0 Å². The molecule has 1 heterocycles. The summed E-state index contributed by atoms with van der Waals surface area (Å²) in [6, 6.07) is 18.0. The zero-order valence-electron chi connectivity index (χ0n) is 16.7. The highest BCUT2D eigenvalue weighted by Crippen LogP contribution is 2.31. The quantitative estimate of drug-likeness (QED) is 0.363. The van der Waals surface area contributed by atoms with Crippen LogP contribution in [0.5, 0.6) is 11.5 Å². The van der Waals surface area contributed by atoms with E-state index in [1.807, 2.05) is 42.5 Å². The van der Waals surface area contributed by atoms with Crippen LogP contribution in [0.3, 0.4) is 0 Å². The summed E-state index contributed by atoms with van der Waals surface area (Å²) in [5.41, 5.74) is 1.32. The highest BCUT2D eigenvalue weighted by molar-refractivity contribution is 6.17. The molecule has 0 spiro atoms. The van der Waals surface area contributed by atoms with Crippen molar-refractivity contribution in [1.82, 2.24) is 0 Å². The van der Waals surface area contributed by atoms with Crippen molar-refractivity contribution in [2.45, 2.75) is 13.8 Å². The van der Waals surface area contributed by atoms with Crippen molar-refractivity contribution in [2.75, 3.05) is 0 Å². The van der Waals surface area contributed by atoms with Crippen LogP contribution in [0.2, 0.25) is 0 Å². The predicted octanol–water partition coefficient (Wildman–Crippen LogP) is 4.03. The molecule has 0 bridgehead atoms. The van der Waals surface area contributed by atoms with Crippen molar-refractivity contribution in [3.8, 4) is 11.5 Å². The Bertz CT molecular complexity index is 1280. The fraction of sp³-hybridized carbons (Fsp3) is 0.0833. The molecule has 7 heteroatoms. The number of carbonyl (C=O) groups is 3. The lowest BCUT2D eigenvalue weighted by Gasteiger charge is -2.09. The van der Waals surface area contributed by atoms with Gasteiger partial charge in [-0.25, -0.2) is 9.79 Å². The van der Waals surface area contributed by atoms with E-state index in [1.165, 1.54) is 32.1 Å². The number of fused-ring (bicyclic) bond motifs is 1. The molecule has 0 amide bonds. The molecule has 0 unspecified atom stereocenters. The molecule has 0 saturated carbocycles. The molecule has 1 aliphatic rings. The first kappa shape index (κ1) is 20.0. The monoisotopic (exact) mass is 415 g/mol. The molecule has 0 fully saturated rings. The van der Waals surface area contributed by atoms with Gasteiger partial charge in [0, 0.05) is 19.4 Å². The average molecular weight is 415 g/mol. The molecule has 0 aromatic heterocycles. The smallest absolute Gasteiger partial charge is 0.363 e. The van der Waals surface area contributed by atoms with Crippen LogP contribution < -0.4 is 9.47 Å². The van der Waals surface area contributed by atoms with Crippen molar-refractivity contribution in [3.63, 3.8) is 0 Å². The van der Waals surface area contributed by atoms with Gasteiger partial charge in [0.2, 0.25) is 5.90 Å². The van der Waals surface area contributed by atoms with Crippen molar-refractivity contribution in [1.29, 1.82) is 0 Å². The minimum absolute atomic E-state index is 0.0571. The molecule has 3 aromatic carbocycles. The molecule has 1 aliphatic heterocycles.